The molecule has 130 valence electrons. The summed E-state index contributed by atoms with van der Waals surface area (Å²) in [5, 5.41) is 13.2. The van der Waals surface area contributed by atoms with Crippen LogP contribution >= 0.6 is 11.3 Å². The van der Waals surface area contributed by atoms with E-state index in [0.29, 0.717) is 11.7 Å². The van der Waals surface area contributed by atoms with Gasteiger partial charge in [0.15, 0.2) is 0 Å². The van der Waals surface area contributed by atoms with Crippen LogP contribution in [0, 0.1) is 0 Å². The van der Waals surface area contributed by atoms with Crippen LogP contribution in [0.1, 0.15) is 53.3 Å². The normalized spacial score (nSPS) is 17.8. The van der Waals surface area contributed by atoms with Crippen molar-refractivity contribution in [3.63, 3.8) is 0 Å². The van der Waals surface area contributed by atoms with Crippen LogP contribution in [0.15, 0.2) is 36.0 Å². The second kappa shape index (κ2) is 6.61. The van der Waals surface area contributed by atoms with Crippen molar-refractivity contribution in [1.82, 2.24) is 19.9 Å². The van der Waals surface area contributed by atoms with Gasteiger partial charge in [0.25, 0.3) is 0 Å². The van der Waals surface area contributed by atoms with Gasteiger partial charge in [0.1, 0.15) is 10.8 Å². The van der Waals surface area contributed by atoms with E-state index in [0.717, 1.165) is 41.6 Å². The maximum absolute atomic E-state index is 9.85. The molecule has 1 unspecified atom stereocenters. The van der Waals surface area contributed by atoms with Gasteiger partial charge in [0.05, 0.1) is 30.0 Å². The molecule has 0 spiro atoms. The number of benzene rings is 1. The number of rotatable bonds is 4. The maximum atomic E-state index is 9.85. The molecule has 2 aromatic heterocycles. The molecule has 0 bridgehead atoms. The fourth-order valence-corrected chi connectivity index (χ4v) is 4.37. The molecule has 4 rings (SSSR count). The predicted octanol–water partition coefficient (Wildman–Crippen LogP) is 3.84. The highest BCUT2D eigenvalue weighted by Crippen LogP contribution is 2.33. The van der Waals surface area contributed by atoms with Crippen molar-refractivity contribution in [2.45, 2.75) is 38.8 Å². The molecule has 1 aliphatic heterocycles. The summed E-state index contributed by atoms with van der Waals surface area (Å²) in [5.41, 5.74) is 4.51. The van der Waals surface area contributed by atoms with Gasteiger partial charge in [-0.25, -0.2) is 9.97 Å². The van der Waals surface area contributed by atoms with Crippen LogP contribution in [0.3, 0.4) is 0 Å². The monoisotopic (exact) mass is 354 g/mol. The van der Waals surface area contributed by atoms with Gasteiger partial charge >= 0.3 is 0 Å². The molecule has 3 heterocycles. The number of thiazole rings is 1. The first-order valence-electron chi connectivity index (χ1n) is 8.58. The Labute approximate surface area is 151 Å². The molecule has 1 aliphatic rings. The van der Waals surface area contributed by atoms with Crippen LogP contribution in [0.5, 0.6) is 5.75 Å². The summed E-state index contributed by atoms with van der Waals surface area (Å²) in [6.45, 7) is 6.91. The van der Waals surface area contributed by atoms with E-state index in [1.165, 1.54) is 5.69 Å². The fraction of sp³-hybridized carbons (Fsp3) is 0.368. The Balaban J connectivity index is 1.59. The summed E-state index contributed by atoms with van der Waals surface area (Å²) in [6, 6.07) is 7.50. The average molecular weight is 354 g/mol. The SMILES string of the molecule is CC(C)c1csc(CN2Cc3[nH]cnc3C(c3cccc(O)c3)C2)n1. The Bertz CT molecular complexity index is 870. The zero-order chi connectivity index (χ0) is 17.4. The number of H-pyrrole nitrogens is 1. The minimum Gasteiger partial charge on any atom is -0.508 e. The summed E-state index contributed by atoms with van der Waals surface area (Å²) in [7, 11) is 0. The lowest BCUT2D eigenvalue weighted by Crippen LogP contribution is -2.33. The van der Waals surface area contributed by atoms with Gasteiger partial charge in [-0.3, -0.25) is 4.90 Å². The molecule has 0 saturated heterocycles. The number of aromatic hydroxyl groups is 1. The van der Waals surface area contributed by atoms with Gasteiger partial charge in [0.2, 0.25) is 0 Å². The number of imidazole rings is 1. The molecule has 0 saturated carbocycles. The molecule has 25 heavy (non-hydrogen) atoms. The molecule has 1 aromatic carbocycles. The number of hydrogen-bond donors (Lipinski definition) is 2. The summed E-state index contributed by atoms with van der Waals surface area (Å²) in [4.78, 5) is 15.0. The van der Waals surface area contributed by atoms with Crippen LogP contribution in [-0.4, -0.2) is 31.5 Å². The molecule has 1 atom stereocenters. The molecule has 5 nitrogen and oxygen atoms in total. The minimum atomic E-state index is 0.159. The van der Waals surface area contributed by atoms with E-state index < -0.39 is 0 Å². The van der Waals surface area contributed by atoms with Gasteiger partial charge < -0.3 is 10.1 Å². The number of aromatic nitrogens is 3. The zero-order valence-corrected chi connectivity index (χ0v) is 15.3. The number of aromatic amines is 1. The van der Waals surface area contributed by atoms with Crippen LogP contribution < -0.4 is 0 Å². The van der Waals surface area contributed by atoms with Crippen molar-refractivity contribution in [3.05, 3.63) is 63.6 Å². The Hall–Kier alpha value is -2.18. The first-order chi connectivity index (χ1) is 12.1. The molecular weight excluding hydrogens is 332 g/mol. The third kappa shape index (κ3) is 3.32. The quantitative estimate of drug-likeness (QED) is 0.747. The van der Waals surface area contributed by atoms with Crippen molar-refractivity contribution in [2.75, 3.05) is 6.54 Å². The third-order valence-corrected chi connectivity index (χ3v) is 5.55. The molecule has 0 fully saturated rings. The number of phenols is 1. The zero-order valence-electron chi connectivity index (χ0n) is 14.4. The Morgan fingerprint density at radius 2 is 2.28 bits per heavy atom. The topological polar surface area (TPSA) is 65.0 Å². The highest BCUT2D eigenvalue weighted by Gasteiger charge is 2.29. The van der Waals surface area contributed by atoms with Crippen molar-refractivity contribution >= 4 is 11.3 Å². The molecule has 2 N–H and O–H groups in total. The van der Waals surface area contributed by atoms with Crippen LogP contribution in [0.2, 0.25) is 0 Å². The van der Waals surface area contributed by atoms with Crippen molar-refractivity contribution in [2.24, 2.45) is 0 Å². The summed E-state index contributed by atoms with van der Waals surface area (Å²) >= 11 is 1.74. The van der Waals surface area contributed by atoms with Gasteiger partial charge in [0, 0.05) is 24.4 Å². The highest BCUT2D eigenvalue weighted by molar-refractivity contribution is 7.09. The van der Waals surface area contributed by atoms with Gasteiger partial charge in [-0.05, 0) is 23.6 Å². The smallest absolute Gasteiger partial charge is 0.115 e. The lowest BCUT2D eigenvalue weighted by Gasteiger charge is -2.31. The minimum absolute atomic E-state index is 0.159. The molecular formula is C19H22N4OS. The lowest BCUT2D eigenvalue weighted by atomic mass is 9.91. The Kier molecular flexibility index (Phi) is 4.31. The first kappa shape index (κ1) is 16.3. The molecule has 0 radical (unpaired) electrons. The van der Waals surface area contributed by atoms with E-state index in [9.17, 15) is 5.11 Å². The number of nitrogens with zero attached hydrogens (tertiary/aromatic N) is 3. The number of hydrogen-bond acceptors (Lipinski definition) is 5. The van der Waals surface area contributed by atoms with Crippen molar-refractivity contribution in [3.8, 4) is 5.75 Å². The summed E-state index contributed by atoms with van der Waals surface area (Å²) in [5.74, 6) is 0.922. The van der Waals surface area contributed by atoms with Gasteiger partial charge in [-0.15, -0.1) is 11.3 Å². The van der Waals surface area contributed by atoms with E-state index in [2.05, 4.69) is 40.2 Å². The van der Waals surface area contributed by atoms with Crippen LogP contribution in [-0.2, 0) is 13.1 Å². The lowest BCUT2D eigenvalue weighted by molar-refractivity contribution is 0.227. The maximum Gasteiger partial charge on any atom is 0.115 e. The van der Waals surface area contributed by atoms with Crippen molar-refractivity contribution < 1.29 is 5.11 Å². The molecule has 0 aliphatic carbocycles. The summed E-state index contributed by atoms with van der Waals surface area (Å²) < 4.78 is 0. The second-order valence-electron chi connectivity index (χ2n) is 6.90. The van der Waals surface area contributed by atoms with E-state index in [1.807, 2.05) is 12.1 Å². The van der Waals surface area contributed by atoms with E-state index in [1.54, 1.807) is 23.7 Å². The van der Waals surface area contributed by atoms with E-state index in [4.69, 9.17) is 4.98 Å². The van der Waals surface area contributed by atoms with E-state index in [-0.39, 0.29) is 5.92 Å². The fourth-order valence-electron chi connectivity index (χ4n) is 3.37. The summed E-state index contributed by atoms with van der Waals surface area (Å²) in [6.07, 6.45) is 1.77. The number of phenolic OH excluding ortho intramolecular Hbond substituents is 1. The van der Waals surface area contributed by atoms with E-state index >= 15 is 0 Å². The van der Waals surface area contributed by atoms with Crippen LogP contribution in [0.25, 0.3) is 0 Å². The predicted molar refractivity (Wildman–Crippen MR) is 98.9 cm³/mol. The van der Waals surface area contributed by atoms with Gasteiger partial charge in [-0.2, -0.15) is 0 Å². The average Bonchev–Trinajstić information content (AvgIpc) is 3.23. The molecule has 3 aromatic rings. The molecule has 0 amide bonds. The largest absolute Gasteiger partial charge is 0.508 e. The van der Waals surface area contributed by atoms with Crippen LogP contribution in [0.4, 0.5) is 0 Å². The molecule has 6 heteroatoms. The Morgan fingerprint density at radius 3 is 3.04 bits per heavy atom. The Morgan fingerprint density at radius 1 is 1.40 bits per heavy atom. The first-order valence-corrected chi connectivity index (χ1v) is 9.46. The standard InChI is InChI=1S/C19H22N4OS/c1-12(2)17-10-25-18(22-17)9-23-7-15(13-4-3-5-14(24)6-13)19-16(8-23)20-11-21-19/h3-6,10-12,15,24H,7-9H2,1-2H3,(H,20,21). The van der Waals surface area contributed by atoms with Gasteiger partial charge in [-0.1, -0.05) is 26.0 Å². The third-order valence-electron chi connectivity index (χ3n) is 4.70. The van der Waals surface area contributed by atoms with Crippen molar-refractivity contribution in [1.29, 1.82) is 0 Å². The number of fused-ring (bicyclic) bond motifs is 1. The number of nitrogens with one attached hydrogen (secondary N) is 1. The second-order valence-corrected chi connectivity index (χ2v) is 7.85. The highest BCUT2D eigenvalue weighted by atomic mass is 32.1.